The molecule has 2 heterocycles. The smallest absolute Gasteiger partial charge is 0.251 e. The molecule has 25 heavy (non-hydrogen) atoms. The van der Waals surface area contributed by atoms with E-state index in [0.717, 1.165) is 44.2 Å². The highest BCUT2D eigenvalue weighted by Gasteiger charge is 2.11. The number of ether oxygens (including phenoxy) is 2. The topological polar surface area (TPSA) is 76.6 Å². The van der Waals surface area contributed by atoms with Gasteiger partial charge in [-0.3, -0.25) is 9.69 Å². The van der Waals surface area contributed by atoms with Crippen molar-refractivity contribution in [2.45, 2.75) is 13.5 Å². The van der Waals surface area contributed by atoms with E-state index in [4.69, 9.17) is 9.47 Å². The first-order valence-electron chi connectivity index (χ1n) is 8.31. The minimum absolute atomic E-state index is 0.0700. The Labute approximate surface area is 151 Å². The van der Waals surface area contributed by atoms with Gasteiger partial charge in [0.05, 0.1) is 30.6 Å². The molecule has 8 heteroatoms. The number of morpholine rings is 1. The number of nitrogens with one attached hydrogen (secondary N) is 1. The summed E-state index contributed by atoms with van der Waals surface area (Å²) < 4.78 is 19.3. The van der Waals surface area contributed by atoms with Crippen LogP contribution in [0, 0.1) is 6.92 Å². The molecule has 1 aliphatic heterocycles. The number of amides is 1. The van der Waals surface area contributed by atoms with Gasteiger partial charge in [0.2, 0.25) is 0 Å². The summed E-state index contributed by atoms with van der Waals surface area (Å²) in [7, 11) is 0. The Bertz CT molecular complexity index is 683. The molecule has 1 fully saturated rings. The van der Waals surface area contributed by atoms with E-state index in [1.54, 1.807) is 24.3 Å². The van der Waals surface area contributed by atoms with Gasteiger partial charge >= 0.3 is 0 Å². The van der Waals surface area contributed by atoms with Crippen LogP contribution in [-0.2, 0) is 11.3 Å². The molecular weight excluding hydrogens is 340 g/mol. The molecule has 0 radical (unpaired) electrons. The highest BCUT2D eigenvalue weighted by molar-refractivity contribution is 6.99. The normalized spacial score (nSPS) is 15.1. The Kier molecular flexibility index (Phi) is 6.32. The molecule has 1 aromatic heterocycles. The number of nitrogens with zero attached hydrogens (tertiary/aromatic N) is 3. The maximum atomic E-state index is 12.2. The first kappa shape index (κ1) is 17.8. The number of aromatic nitrogens is 2. The minimum Gasteiger partial charge on any atom is -0.487 e. The number of benzene rings is 1. The van der Waals surface area contributed by atoms with Gasteiger partial charge in [-0.2, -0.15) is 8.75 Å². The van der Waals surface area contributed by atoms with Crippen LogP contribution in [0.3, 0.4) is 0 Å². The zero-order valence-corrected chi connectivity index (χ0v) is 15.1. The summed E-state index contributed by atoms with van der Waals surface area (Å²) in [6.07, 6.45) is 0. The van der Waals surface area contributed by atoms with E-state index in [2.05, 4.69) is 19.0 Å². The Morgan fingerprint density at radius 3 is 2.72 bits per heavy atom. The molecule has 1 saturated heterocycles. The van der Waals surface area contributed by atoms with Gasteiger partial charge in [-0.15, -0.1) is 0 Å². The largest absolute Gasteiger partial charge is 0.487 e. The van der Waals surface area contributed by atoms with Crippen molar-refractivity contribution in [3.05, 3.63) is 41.2 Å². The molecular formula is C17H22N4O3S. The van der Waals surface area contributed by atoms with Crippen LogP contribution in [0.15, 0.2) is 24.3 Å². The van der Waals surface area contributed by atoms with E-state index in [1.165, 1.54) is 11.7 Å². The maximum Gasteiger partial charge on any atom is 0.251 e. The van der Waals surface area contributed by atoms with Crippen LogP contribution in [0.5, 0.6) is 5.75 Å². The summed E-state index contributed by atoms with van der Waals surface area (Å²) in [5.41, 5.74) is 2.36. The molecule has 2 aromatic rings. The lowest BCUT2D eigenvalue weighted by molar-refractivity contribution is 0.0383. The second kappa shape index (κ2) is 8.89. The summed E-state index contributed by atoms with van der Waals surface area (Å²) in [6.45, 7) is 7.16. The Morgan fingerprint density at radius 1 is 1.28 bits per heavy atom. The average molecular weight is 362 g/mol. The fourth-order valence-electron chi connectivity index (χ4n) is 2.49. The number of hydrogen-bond donors (Lipinski definition) is 1. The molecule has 0 unspecified atom stereocenters. The lowest BCUT2D eigenvalue weighted by Crippen LogP contribution is -2.41. The van der Waals surface area contributed by atoms with Crippen molar-refractivity contribution in [2.24, 2.45) is 0 Å². The van der Waals surface area contributed by atoms with Crippen molar-refractivity contribution >= 4 is 17.6 Å². The summed E-state index contributed by atoms with van der Waals surface area (Å²) in [6, 6.07) is 7.13. The number of carbonyl (C=O) groups is 1. The molecule has 1 aromatic carbocycles. The highest BCUT2D eigenvalue weighted by Crippen LogP contribution is 2.15. The Hall–Kier alpha value is -2.03. The van der Waals surface area contributed by atoms with Crippen LogP contribution in [0.2, 0.25) is 0 Å². The third-order valence-electron chi connectivity index (χ3n) is 4.06. The van der Waals surface area contributed by atoms with Crippen molar-refractivity contribution < 1.29 is 14.3 Å². The van der Waals surface area contributed by atoms with Gasteiger partial charge < -0.3 is 14.8 Å². The van der Waals surface area contributed by atoms with E-state index >= 15 is 0 Å². The van der Waals surface area contributed by atoms with Gasteiger partial charge in [0.25, 0.3) is 5.91 Å². The number of aryl methyl sites for hydroxylation is 1. The fourth-order valence-corrected chi connectivity index (χ4v) is 3.04. The van der Waals surface area contributed by atoms with E-state index in [-0.39, 0.29) is 5.91 Å². The van der Waals surface area contributed by atoms with Gasteiger partial charge in [0.1, 0.15) is 18.1 Å². The standard InChI is InChI=1S/C17H22N4O3S/c1-13-16(20-25-19-13)12-24-15-4-2-14(3-5-15)17(22)18-6-7-21-8-10-23-11-9-21/h2-5H,6-12H2,1H3,(H,18,22). The second-order valence-electron chi connectivity index (χ2n) is 5.82. The molecule has 1 amide bonds. The third-order valence-corrected chi connectivity index (χ3v) is 4.71. The molecule has 0 saturated carbocycles. The van der Waals surface area contributed by atoms with Crippen molar-refractivity contribution in [1.82, 2.24) is 19.0 Å². The number of rotatable bonds is 7. The van der Waals surface area contributed by atoms with Gasteiger partial charge in [-0.05, 0) is 31.2 Å². The molecule has 0 aliphatic carbocycles. The predicted octanol–water partition coefficient (Wildman–Crippen LogP) is 1.49. The Balaban J connectivity index is 1.43. The van der Waals surface area contributed by atoms with E-state index in [0.29, 0.717) is 24.5 Å². The molecule has 1 aliphatic rings. The molecule has 3 rings (SSSR count). The predicted molar refractivity (Wildman–Crippen MR) is 95.0 cm³/mol. The molecule has 0 bridgehead atoms. The molecule has 0 atom stereocenters. The quantitative estimate of drug-likeness (QED) is 0.804. The highest BCUT2D eigenvalue weighted by atomic mass is 32.1. The molecule has 7 nitrogen and oxygen atoms in total. The van der Waals surface area contributed by atoms with Gasteiger partial charge in [0.15, 0.2) is 0 Å². The van der Waals surface area contributed by atoms with Crippen LogP contribution < -0.4 is 10.1 Å². The zero-order chi connectivity index (χ0) is 17.5. The maximum absolute atomic E-state index is 12.2. The van der Waals surface area contributed by atoms with E-state index in [1.807, 2.05) is 6.92 Å². The van der Waals surface area contributed by atoms with Crippen molar-refractivity contribution in [2.75, 3.05) is 39.4 Å². The monoisotopic (exact) mass is 362 g/mol. The lowest BCUT2D eigenvalue weighted by Gasteiger charge is -2.26. The summed E-state index contributed by atoms with van der Waals surface area (Å²) >= 11 is 1.18. The summed E-state index contributed by atoms with van der Waals surface area (Å²) in [5, 5.41) is 2.95. The first-order valence-corrected chi connectivity index (χ1v) is 9.04. The fraction of sp³-hybridized carbons (Fsp3) is 0.471. The van der Waals surface area contributed by atoms with E-state index in [9.17, 15) is 4.79 Å². The average Bonchev–Trinajstić information content (AvgIpc) is 3.06. The van der Waals surface area contributed by atoms with Crippen LogP contribution in [-0.4, -0.2) is 58.9 Å². The molecule has 0 spiro atoms. The first-order chi connectivity index (χ1) is 12.2. The van der Waals surface area contributed by atoms with Crippen molar-refractivity contribution in [1.29, 1.82) is 0 Å². The number of hydrogen-bond acceptors (Lipinski definition) is 7. The van der Waals surface area contributed by atoms with Crippen LogP contribution in [0.25, 0.3) is 0 Å². The molecule has 1 N–H and O–H groups in total. The SMILES string of the molecule is Cc1nsnc1COc1ccc(C(=O)NCCN2CCOCC2)cc1. The number of carbonyl (C=O) groups excluding carboxylic acids is 1. The van der Waals surface area contributed by atoms with Crippen molar-refractivity contribution in [3.8, 4) is 5.75 Å². The Morgan fingerprint density at radius 2 is 2.04 bits per heavy atom. The minimum atomic E-state index is -0.0700. The van der Waals surface area contributed by atoms with Crippen molar-refractivity contribution in [3.63, 3.8) is 0 Å². The van der Waals surface area contributed by atoms with Gasteiger partial charge in [-0.25, -0.2) is 0 Å². The van der Waals surface area contributed by atoms with Crippen LogP contribution >= 0.6 is 11.7 Å². The van der Waals surface area contributed by atoms with Crippen LogP contribution in [0.1, 0.15) is 21.7 Å². The second-order valence-corrected chi connectivity index (χ2v) is 6.35. The van der Waals surface area contributed by atoms with Crippen LogP contribution in [0.4, 0.5) is 0 Å². The van der Waals surface area contributed by atoms with E-state index < -0.39 is 0 Å². The zero-order valence-electron chi connectivity index (χ0n) is 14.2. The molecule has 134 valence electrons. The van der Waals surface area contributed by atoms with Gasteiger partial charge in [0, 0.05) is 31.7 Å². The summed E-state index contributed by atoms with van der Waals surface area (Å²) in [5.74, 6) is 0.636. The lowest BCUT2D eigenvalue weighted by atomic mass is 10.2. The summed E-state index contributed by atoms with van der Waals surface area (Å²) in [4.78, 5) is 14.5. The third kappa shape index (κ3) is 5.22. The van der Waals surface area contributed by atoms with Gasteiger partial charge in [-0.1, -0.05) is 0 Å².